The lowest BCUT2D eigenvalue weighted by Crippen LogP contribution is -1.95. The number of aromatic nitrogens is 1. The molecule has 0 saturated heterocycles. The first-order chi connectivity index (χ1) is 28.3. The fourth-order valence-electron chi connectivity index (χ4n) is 9.60. The maximum Gasteiger partial charge on any atom is 0.0541 e. The van der Waals surface area contributed by atoms with Crippen LogP contribution in [0.5, 0.6) is 0 Å². The molecule has 57 heavy (non-hydrogen) atoms. The van der Waals surface area contributed by atoms with E-state index in [2.05, 4.69) is 217 Å². The molecule has 0 radical (unpaired) electrons. The van der Waals surface area contributed by atoms with Gasteiger partial charge in [0.25, 0.3) is 0 Å². The van der Waals surface area contributed by atoms with E-state index < -0.39 is 0 Å². The van der Waals surface area contributed by atoms with Crippen LogP contribution in [0.4, 0.5) is 0 Å². The van der Waals surface area contributed by atoms with Crippen molar-refractivity contribution < 1.29 is 0 Å². The number of hydrogen-bond acceptors (Lipinski definition) is 0. The van der Waals surface area contributed by atoms with Gasteiger partial charge in [-0.3, -0.25) is 0 Å². The molecule has 1 aromatic heterocycles. The molecular formula is C56H35N. The van der Waals surface area contributed by atoms with Crippen molar-refractivity contribution in [2.45, 2.75) is 0 Å². The third-order valence-electron chi connectivity index (χ3n) is 12.1. The standard InChI is InChI=1S/C56H35N/c1-2-14-38-33-41(26-25-36(38)13-1)56-49-22-8-7-21-48(49)54(37-27-30-43(31-28-37)57-52-23-11-9-19-46(52)47-20-10-12-24-53(47)57)50-32-29-42(35-51(50)56)55-44-17-5-3-15-39(44)34-40-16-4-6-18-45(40)55/h1-35H. The van der Waals surface area contributed by atoms with E-state index in [0.29, 0.717) is 0 Å². The smallest absolute Gasteiger partial charge is 0.0541 e. The topological polar surface area (TPSA) is 4.93 Å². The predicted molar refractivity (Wildman–Crippen MR) is 245 cm³/mol. The van der Waals surface area contributed by atoms with Gasteiger partial charge in [-0.25, -0.2) is 0 Å². The van der Waals surface area contributed by atoms with Crippen LogP contribution in [0.1, 0.15) is 0 Å². The Morgan fingerprint density at radius 1 is 0.228 bits per heavy atom. The van der Waals surface area contributed by atoms with E-state index in [1.54, 1.807) is 0 Å². The minimum Gasteiger partial charge on any atom is -0.309 e. The molecule has 0 atom stereocenters. The zero-order valence-corrected chi connectivity index (χ0v) is 31.2. The third-order valence-corrected chi connectivity index (χ3v) is 12.1. The van der Waals surface area contributed by atoms with Gasteiger partial charge in [-0.2, -0.15) is 0 Å². The second kappa shape index (κ2) is 12.5. The zero-order chi connectivity index (χ0) is 37.5. The fourth-order valence-corrected chi connectivity index (χ4v) is 9.60. The molecule has 1 heterocycles. The van der Waals surface area contributed by atoms with Crippen molar-refractivity contribution in [3.8, 4) is 39.1 Å². The lowest BCUT2D eigenvalue weighted by atomic mass is 9.83. The summed E-state index contributed by atoms with van der Waals surface area (Å²) in [4.78, 5) is 0. The molecule has 0 saturated carbocycles. The number of fused-ring (bicyclic) bond motifs is 8. The molecule has 0 spiro atoms. The van der Waals surface area contributed by atoms with Crippen LogP contribution in [0, 0.1) is 0 Å². The summed E-state index contributed by atoms with van der Waals surface area (Å²) in [6.45, 7) is 0. The van der Waals surface area contributed by atoms with Gasteiger partial charge < -0.3 is 4.57 Å². The summed E-state index contributed by atoms with van der Waals surface area (Å²) in [7, 11) is 0. The summed E-state index contributed by atoms with van der Waals surface area (Å²) in [5, 5.41) is 15.1. The van der Waals surface area contributed by atoms with Crippen molar-refractivity contribution in [1.29, 1.82) is 0 Å². The average molecular weight is 722 g/mol. The van der Waals surface area contributed by atoms with Gasteiger partial charge in [-0.15, -0.1) is 0 Å². The summed E-state index contributed by atoms with van der Waals surface area (Å²) < 4.78 is 2.40. The summed E-state index contributed by atoms with van der Waals surface area (Å²) in [6, 6.07) is 78.5. The largest absolute Gasteiger partial charge is 0.309 e. The van der Waals surface area contributed by atoms with Crippen LogP contribution in [0.15, 0.2) is 212 Å². The first-order valence-corrected chi connectivity index (χ1v) is 19.8. The van der Waals surface area contributed by atoms with Crippen LogP contribution in [0.25, 0.3) is 115 Å². The molecule has 11 aromatic carbocycles. The van der Waals surface area contributed by atoms with E-state index >= 15 is 0 Å². The maximum absolute atomic E-state index is 2.47. The normalized spacial score (nSPS) is 11.9. The van der Waals surface area contributed by atoms with Crippen molar-refractivity contribution in [2.75, 3.05) is 0 Å². The molecule has 264 valence electrons. The molecule has 12 rings (SSSR count). The van der Waals surface area contributed by atoms with Gasteiger partial charge in [0.2, 0.25) is 0 Å². The van der Waals surface area contributed by atoms with Crippen LogP contribution in [0.3, 0.4) is 0 Å². The van der Waals surface area contributed by atoms with Crippen LogP contribution in [0.2, 0.25) is 0 Å². The molecule has 0 aliphatic heterocycles. The highest BCUT2D eigenvalue weighted by Crippen LogP contribution is 2.47. The minimum absolute atomic E-state index is 1.16. The first kappa shape index (κ1) is 31.8. The Hall–Kier alpha value is -7.48. The van der Waals surface area contributed by atoms with Gasteiger partial charge in [0.15, 0.2) is 0 Å². The molecular weight excluding hydrogens is 687 g/mol. The maximum atomic E-state index is 2.47. The second-order valence-electron chi connectivity index (χ2n) is 15.2. The van der Waals surface area contributed by atoms with Crippen LogP contribution < -0.4 is 0 Å². The summed E-state index contributed by atoms with van der Waals surface area (Å²) in [5.74, 6) is 0. The molecule has 0 N–H and O–H groups in total. The zero-order valence-electron chi connectivity index (χ0n) is 31.2. The van der Waals surface area contributed by atoms with Gasteiger partial charge in [-0.05, 0) is 130 Å². The number of hydrogen-bond donors (Lipinski definition) is 0. The summed E-state index contributed by atoms with van der Waals surface area (Å²) in [5.41, 5.74) is 11.0. The average Bonchev–Trinajstić information content (AvgIpc) is 3.61. The van der Waals surface area contributed by atoms with E-state index in [1.807, 2.05) is 0 Å². The molecule has 0 aliphatic rings. The molecule has 1 nitrogen and oxygen atoms in total. The van der Waals surface area contributed by atoms with Gasteiger partial charge >= 0.3 is 0 Å². The van der Waals surface area contributed by atoms with Crippen molar-refractivity contribution in [2.24, 2.45) is 0 Å². The van der Waals surface area contributed by atoms with Crippen molar-refractivity contribution in [3.63, 3.8) is 0 Å². The lowest BCUT2D eigenvalue weighted by Gasteiger charge is -2.20. The molecule has 1 heteroatoms. The summed E-state index contributed by atoms with van der Waals surface area (Å²) in [6.07, 6.45) is 0. The highest BCUT2D eigenvalue weighted by molar-refractivity contribution is 6.23. The van der Waals surface area contributed by atoms with Gasteiger partial charge in [-0.1, -0.05) is 170 Å². The first-order valence-electron chi connectivity index (χ1n) is 19.8. The Bertz CT molecular complexity index is 3460. The Morgan fingerprint density at radius 3 is 1.28 bits per heavy atom. The number of benzene rings is 11. The quantitative estimate of drug-likeness (QED) is 0.160. The summed E-state index contributed by atoms with van der Waals surface area (Å²) >= 11 is 0. The van der Waals surface area contributed by atoms with Gasteiger partial charge in [0, 0.05) is 16.5 Å². The number of para-hydroxylation sites is 2. The van der Waals surface area contributed by atoms with Crippen LogP contribution >= 0.6 is 0 Å². The minimum atomic E-state index is 1.16. The lowest BCUT2D eigenvalue weighted by molar-refractivity contribution is 1.18. The molecule has 0 fully saturated rings. The molecule has 12 aromatic rings. The van der Waals surface area contributed by atoms with E-state index in [0.717, 1.165) is 5.69 Å². The highest BCUT2D eigenvalue weighted by atomic mass is 15.0. The van der Waals surface area contributed by atoms with Crippen molar-refractivity contribution in [1.82, 2.24) is 4.57 Å². The molecule has 0 aliphatic carbocycles. The van der Waals surface area contributed by atoms with Gasteiger partial charge in [0.1, 0.15) is 0 Å². The fraction of sp³-hybridized carbons (Fsp3) is 0. The highest BCUT2D eigenvalue weighted by Gasteiger charge is 2.20. The van der Waals surface area contributed by atoms with Crippen molar-refractivity contribution in [3.05, 3.63) is 212 Å². The molecule has 0 unspecified atom stereocenters. The van der Waals surface area contributed by atoms with Crippen LogP contribution in [-0.4, -0.2) is 4.57 Å². The Labute approximate surface area is 330 Å². The SMILES string of the molecule is c1ccc2cc(-c3c4ccccc4c(-c4ccc(-n5c6ccccc6c6ccccc65)cc4)c4ccc(-c5c6ccccc6cc6ccccc56)cc34)ccc2c1. The number of nitrogens with zero attached hydrogens (tertiary/aromatic N) is 1. The number of rotatable bonds is 4. The van der Waals surface area contributed by atoms with E-state index in [1.165, 1.54) is 109 Å². The van der Waals surface area contributed by atoms with Crippen LogP contribution in [-0.2, 0) is 0 Å². The predicted octanol–water partition coefficient (Wildman–Crippen LogP) is 15.6. The second-order valence-corrected chi connectivity index (χ2v) is 15.2. The van der Waals surface area contributed by atoms with E-state index in [4.69, 9.17) is 0 Å². The van der Waals surface area contributed by atoms with E-state index in [-0.39, 0.29) is 0 Å². The van der Waals surface area contributed by atoms with Gasteiger partial charge in [0.05, 0.1) is 11.0 Å². The molecule has 0 amide bonds. The monoisotopic (exact) mass is 721 g/mol. The Morgan fingerprint density at radius 2 is 0.649 bits per heavy atom. The Balaban J connectivity index is 1.15. The molecule has 0 bridgehead atoms. The Kier molecular flexibility index (Phi) is 7.00. The third kappa shape index (κ3) is 4.89. The van der Waals surface area contributed by atoms with E-state index in [9.17, 15) is 0 Å². The van der Waals surface area contributed by atoms with Crippen molar-refractivity contribution >= 4 is 75.7 Å².